The van der Waals surface area contributed by atoms with Gasteiger partial charge in [-0.2, -0.15) is 0 Å². The summed E-state index contributed by atoms with van der Waals surface area (Å²) >= 11 is 0. The first kappa shape index (κ1) is 23.2. The first-order valence-corrected chi connectivity index (χ1v) is 10.5. The second-order valence-electron chi connectivity index (χ2n) is 8.36. The second kappa shape index (κ2) is 10.3. The van der Waals surface area contributed by atoms with Crippen LogP contribution >= 0.6 is 0 Å². The molecule has 1 amide bonds. The fourth-order valence-corrected chi connectivity index (χ4v) is 4.36. The molecule has 1 aromatic heterocycles. The van der Waals surface area contributed by atoms with Crippen molar-refractivity contribution in [2.45, 2.75) is 43.9 Å². The minimum Gasteiger partial charge on any atom is -0.473 e. The lowest BCUT2D eigenvalue weighted by Gasteiger charge is -2.40. The van der Waals surface area contributed by atoms with E-state index in [1.54, 1.807) is 19.6 Å². The minimum atomic E-state index is -1.82. The zero-order valence-corrected chi connectivity index (χ0v) is 17.7. The fraction of sp³-hybridized carbons (Fsp3) is 0.667. The van der Waals surface area contributed by atoms with E-state index in [0.29, 0.717) is 12.3 Å². The molecule has 3 aliphatic rings. The van der Waals surface area contributed by atoms with Gasteiger partial charge >= 0.3 is 11.9 Å². The van der Waals surface area contributed by atoms with Gasteiger partial charge < -0.3 is 29.0 Å². The summed E-state index contributed by atoms with van der Waals surface area (Å²) in [6.45, 7) is 5.02. The van der Waals surface area contributed by atoms with Crippen molar-refractivity contribution in [3.8, 4) is 0 Å². The summed E-state index contributed by atoms with van der Waals surface area (Å²) < 4.78 is 16.9. The van der Waals surface area contributed by atoms with Crippen molar-refractivity contribution >= 4 is 17.8 Å². The number of nitrogens with zero attached hydrogens (tertiary/aromatic N) is 2. The van der Waals surface area contributed by atoms with Crippen LogP contribution in [-0.2, 0) is 30.4 Å². The average Bonchev–Trinajstić information content (AvgIpc) is 3.31. The van der Waals surface area contributed by atoms with Gasteiger partial charge in [0.05, 0.1) is 37.3 Å². The SMILES string of the molecule is COC1(CC(=O)N2C[C@@H]3CN(Cc4ccoc4)CCO[C@@H]3C2)CCC1.O=C(O)C(=O)O. The van der Waals surface area contributed by atoms with Crippen molar-refractivity contribution in [2.24, 2.45) is 5.92 Å². The van der Waals surface area contributed by atoms with E-state index in [9.17, 15) is 4.79 Å². The molecule has 31 heavy (non-hydrogen) atoms. The van der Waals surface area contributed by atoms with Crippen LogP contribution < -0.4 is 0 Å². The summed E-state index contributed by atoms with van der Waals surface area (Å²) in [5, 5.41) is 14.8. The molecule has 3 heterocycles. The summed E-state index contributed by atoms with van der Waals surface area (Å²) in [6.07, 6.45) is 7.37. The number of carboxylic acid groups (broad SMARTS) is 2. The Hall–Kier alpha value is -2.43. The molecule has 4 rings (SSSR count). The first-order valence-electron chi connectivity index (χ1n) is 10.5. The van der Waals surface area contributed by atoms with Crippen LogP contribution in [0.3, 0.4) is 0 Å². The maximum Gasteiger partial charge on any atom is 0.414 e. The Morgan fingerprint density at radius 2 is 1.94 bits per heavy atom. The third-order valence-corrected chi connectivity index (χ3v) is 6.31. The minimum absolute atomic E-state index is 0.165. The van der Waals surface area contributed by atoms with E-state index in [-0.39, 0.29) is 17.6 Å². The molecule has 1 aliphatic carbocycles. The van der Waals surface area contributed by atoms with Crippen molar-refractivity contribution in [3.63, 3.8) is 0 Å². The molecule has 1 saturated carbocycles. The Bertz CT molecular complexity index is 744. The molecular formula is C21H30N2O8. The average molecular weight is 438 g/mol. The number of hydrogen-bond acceptors (Lipinski definition) is 7. The zero-order valence-electron chi connectivity index (χ0n) is 17.7. The number of fused-ring (bicyclic) bond motifs is 1. The van der Waals surface area contributed by atoms with Crippen LogP contribution in [0.2, 0.25) is 0 Å². The van der Waals surface area contributed by atoms with Gasteiger partial charge in [-0.3, -0.25) is 9.69 Å². The summed E-state index contributed by atoms with van der Waals surface area (Å²) in [6, 6.07) is 2.01. The van der Waals surface area contributed by atoms with E-state index in [1.807, 2.05) is 11.0 Å². The van der Waals surface area contributed by atoms with Crippen molar-refractivity contribution in [1.82, 2.24) is 9.80 Å². The van der Waals surface area contributed by atoms with E-state index in [4.69, 9.17) is 33.7 Å². The molecular weight excluding hydrogens is 408 g/mol. The summed E-state index contributed by atoms with van der Waals surface area (Å²) in [5.74, 6) is -3.04. The molecule has 2 aliphatic heterocycles. The lowest BCUT2D eigenvalue weighted by molar-refractivity contribution is -0.159. The van der Waals surface area contributed by atoms with E-state index in [2.05, 4.69) is 4.90 Å². The van der Waals surface area contributed by atoms with Crippen LogP contribution in [0.4, 0.5) is 0 Å². The van der Waals surface area contributed by atoms with Crippen LogP contribution in [0.25, 0.3) is 0 Å². The van der Waals surface area contributed by atoms with Crippen molar-refractivity contribution < 1.29 is 38.5 Å². The van der Waals surface area contributed by atoms with Gasteiger partial charge in [0.25, 0.3) is 0 Å². The lowest BCUT2D eigenvalue weighted by atomic mass is 9.77. The van der Waals surface area contributed by atoms with Gasteiger partial charge in [0.2, 0.25) is 5.91 Å². The Balaban J connectivity index is 0.000000401. The molecule has 1 aromatic rings. The number of aliphatic carboxylic acids is 2. The van der Waals surface area contributed by atoms with Gasteiger partial charge in [0, 0.05) is 51.3 Å². The maximum atomic E-state index is 12.7. The smallest absolute Gasteiger partial charge is 0.414 e. The van der Waals surface area contributed by atoms with E-state index in [0.717, 1.165) is 52.2 Å². The molecule has 172 valence electrons. The highest BCUT2D eigenvalue weighted by Gasteiger charge is 2.43. The highest BCUT2D eigenvalue weighted by molar-refractivity contribution is 6.27. The molecule has 0 aromatic carbocycles. The van der Waals surface area contributed by atoms with Crippen LogP contribution in [0.15, 0.2) is 23.0 Å². The largest absolute Gasteiger partial charge is 0.473 e. The molecule has 10 nitrogen and oxygen atoms in total. The monoisotopic (exact) mass is 438 g/mol. The number of carbonyl (C=O) groups excluding carboxylic acids is 1. The number of methoxy groups -OCH3 is 1. The predicted molar refractivity (Wildman–Crippen MR) is 107 cm³/mol. The van der Waals surface area contributed by atoms with Crippen molar-refractivity contribution in [3.05, 3.63) is 24.2 Å². The third kappa shape index (κ3) is 6.05. The van der Waals surface area contributed by atoms with Gasteiger partial charge in [-0.15, -0.1) is 0 Å². The van der Waals surface area contributed by atoms with Crippen LogP contribution in [0.5, 0.6) is 0 Å². The highest BCUT2D eigenvalue weighted by atomic mass is 16.5. The summed E-state index contributed by atoms with van der Waals surface area (Å²) in [4.78, 5) is 35.3. The standard InChI is InChI=1S/C19H28N2O4.C2H2O4/c1-23-19(4-2-5-19)9-18(22)21-12-16-11-20(6-8-25-17(16)13-21)10-15-3-7-24-14-15;3-1(4)2(5)6/h3,7,14,16-17H,2,4-6,8-13H2,1H3;(H,3,4)(H,5,6)/t16-,17+;/m0./s1. The second-order valence-corrected chi connectivity index (χ2v) is 8.36. The van der Waals surface area contributed by atoms with Gasteiger partial charge in [0.15, 0.2) is 0 Å². The highest BCUT2D eigenvalue weighted by Crippen LogP contribution is 2.39. The van der Waals surface area contributed by atoms with Crippen LogP contribution in [-0.4, -0.2) is 89.5 Å². The number of likely N-dealkylation sites (tertiary alicyclic amines) is 1. The van der Waals surface area contributed by atoms with Gasteiger partial charge in [0.1, 0.15) is 0 Å². The Morgan fingerprint density at radius 3 is 2.48 bits per heavy atom. The molecule has 2 N–H and O–H groups in total. The van der Waals surface area contributed by atoms with E-state index >= 15 is 0 Å². The Labute approximate surface area is 180 Å². The molecule has 0 bridgehead atoms. The molecule has 10 heteroatoms. The fourth-order valence-electron chi connectivity index (χ4n) is 4.36. The zero-order chi connectivity index (χ0) is 22.4. The van der Waals surface area contributed by atoms with Gasteiger partial charge in [-0.1, -0.05) is 0 Å². The third-order valence-electron chi connectivity index (χ3n) is 6.31. The molecule has 2 saturated heterocycles. The topological polar surface area (TPSA) is 130 Å². The number of carboxylic acids is 2. The maximum absolute atomic E-state index is 12.7. The number of carbonyl (C=O) groups is 3. The Kier molecular flexibility index (Phi) is 7.69. The molecule has 2 atom stereocenters. The Morgan fingerprint density at radius 1 is 1.19 bits per heavy atom. The van der Waals surface area contributed by atoms with Gasteiger partial charge in [-0.05, 0) is 25.3 Å². The number of ether oxygens (including phenoxy) is 2. The molecule has 0 radical (unpaired) electrons. The normalized spacial score (nSPS) is 24.9. The van der Waals surface area contributed by atoms with Gasteiger partial charge in [-0.25, -0.2) is 9.59 Å². The van der Waals surface area contributed by atoms with E-state index in [1.165, 1.54) is 12.0 Å². The molecule has 0 unspecified atom stereocenters. The van der Waals surface area contributed by atoms with Crippen molar-refractivity contribution in [1.29, 1.82) is 0 Å². The number of hydrogen-bond donors (Lipinski definition) is 2. The predicted octanol–water partition coefficient (Wildman–Crippen LogP) is 1.05. The summed E-state index contributed by atoms with van der Waals surface area (Å²) in [7, 11) is 1.73. The number of rotatable bonds is 5. The quantitative estimate of drug-likeness (QED) is 0.648. The van der Waals surface area contributed by atoms with Crippen LogP contribution in [0, 0.1) is 5.92 Å². The number of furan rings is 1. The first-order chi connectivity index (χ1) is 14.8. The molecule has 0 spiro atoms. The van der Waals surface area contributed by atoms with Crippen LogP contribution in [0.1, 0.15) is 31.2 Å². The lowest BCUT2D eigenvalue weighted by Crippen LogP contribution is -2.45. The molecule has 3 fully saturated rings. The van der Waals surface area contributed by atoms with Crippen molar-refractivity contribution in [2.75, 3.05) is 39.9 Å². The van der Waals surface area contributed by atoms with E-state index < -0.39 is 11.9 Å². The number of amides is 1. The summed E-state index contributed by atoms with van der Waals surface area (Å²) in [5.41, 5.74) is 0.993.